The molecule has 1 atom stereocenters. The van der Waals surface area contributed by atoms with E-state index in [1.54, 1.807) is 12.7 Å². The molecule has 1 heterocycles. The fourth-order valence-corrected chi connectivity index (χ4v) is 2.78. The number of aryl methyl sites for hydroxylation is 1. The summed E-state index contributed by atoms with van der Waals surface area (Å²) in [6, 6.07) is 18.8. The SMILES string of the molecule is Clc1ccc([C@H](CCn2cncn2)Cc2ccccc2)cc1. The van der Waals surface area contributed by atoms with E-state index in [4.69, 9.17) is 11.6 Å². The highest BCUT2D eigenvalue weighted by molar-refractivity contribution is 6.30. The summed E-state index contributed by atoms with van der Waals surface area (Å²) in [5, 5.41) is 4.96. The third kappa shape index (κ3) is 3.95. The molecule has 0 amide bonds. The molecule has 4 heteroatoms. The quantitative estimate of drug-likeness (QED) is 0.677. The lowest BCUT2D eigenvalue weighted by Gasteiger charge is -2.18. The number of halogens is 1. The molecule has 2 aromatic carbocycles. The molecule has 0 fully saturated rings. The first kappa shape index (κ1) is 14.8. The normalized spacial score (nSPS) is 12.2. The monoisotopic (exact) mass is 311 g/mol. The van der Waals surface area contributed by atoms with Crippen molar-refractivity contribution in [2.75, 3.05) is 0 Å². The number of hydrogen-bond acceptors (Lipinski definition) is 2. The highest BCUT2D eigenvalue weighted by Crippen LogP contribution is 2.26. The molecule has 0 aliphatic rings. The average molecular weight is 312 g/mol. The van der Waals surface area contributed by atoms with Crippen LogP contribution in [0.5, 0.6) is 0 Å². The predicted octanol–water partition coefficient (Wildman–Crippen LogP) is 4.35. The fourth-order valence-electron chi connectivity index (χ4n) is 2.66. The maximum absolute atomic E-state index is 6.01. The fraction of sp³-hybridized carbons (Fsp3) is 0.222. The van der Waals surface area contributed by atoms with Crippen molar-refractivity contribution < 1.29 is 0 Å². The lowest BCUT2D eigenvalue weighted by Crippen LogP contribution is -2.08. The zero-order valence-electron chi connectivity index (χ0n) is 12.3. The minimum Gasteiger partial charge on any atom is -0.253 e. The van der Waals surface area contributed by atoms with E-state index in [-0.39, 0.29) is 0 Å². The van der Waals surface area contributed by atoms with Gasteiger partial charge < -0.3 is 0 Å². The van der Waals surface area contributed by atoms with Gasteiger partial charge in [-0.1, -0.05) is 54.1 Å². The van der Waals surface area contributed by atoms with Crippen molar-refractivity contribution in [1.29, 1.82) is 0 Å². The largest absolute Gasteiger partial charge is 0.253 e. The molecule has 0 saturated heterocycles. The van der Waals surface area contributed by atoms with Gasteiger partial charge in [-0.2, -0.15) is 5.10 Å². The molecule has 1 aromatic heterocycles. The first-order chi connectivity index (χ1) is 10.8. The van der Waals surface area contributed by atoms with Crippen molar-refractivity contribution in [2.24, 2.45) is 0 Å². The Bertz CT molecular complexity index is 678. The minimum atomic E-state index is 0.434. The molecule has 0 aliphatic heterocycles. The maximum Gasteiger partial charge on any atom is 0.137 e. The Hall–Kier alpha value is -2.13. The van der Waals surface area contributed by atoms with Crippen molar-refractivity contribution >= 4 is 11.6 Å². The summed E-state index contributed by atoms with van der Waals surface area (Å²) in [7, 11) is 0. The number of rotatable bonds is 6. The standard InChI is InChI=1S/C18H18ClN3/c19-18-8-6-16(7-9-18)17(10-11-22-14-20-13-21-22)12-15-4-2-1-3-5-15/h1-9,13-14,17H,10-12H2/t17-/m1/s1. The van der Waals surface area contributed by atoms with E-state index < -0.39 is 0 Å². The van der Waals surface area contributed by atoms with Crippen LogP contribution in [0, 0.1) is 0 Å². The zero-order valence-corrected chi connectivity index (χ0v) is 13.0. The molecular formula is C18H18ClN3. The molecule has 0 N–H and O–H groups in total. The van der Waals surface area contributed by atoms with Gasteiger partial charge in [0.05, 0.1) is 0 Å². The first-order valence-electron chi connectivity index (χ1n) is 7.43. The minimum absolute atomic E-state index is 0.434. The summed E-state index contributed by atoms with van der Waals surface area (Å²) in [5.41, 5.74) is 2.66. The van der Waals surface area contributed by atoms with Crippen LogP contribution in [0.3, 0.4) is 0 Å². The lowest BCUT2D eigenvalue weighted by molar-refractivity contribution is 0.510. The third-order valence-corrected chi connectivity index (χ3v) is 4.09. The maximum atomic E-state index is 6.01. The number of aromatic nitrogens is 3. The zero-order chi connectivity index (χ0) is 15.2. The first-order valence-corrected chi connectivity index (χ1v) is 7.81. The third-order valence-electron chi connectivity index (χ3n) is 3.84. The van der Waals surface area contributed by atoms with Gasteiger partial charge >= 0.3 is 0 Å². The van der Waals surface area contributed by atoms with Crippen LogP contribution in [0.25, 0.3) is 0 Å². The van der Waals surface area contributed by atoms with Gasteiger partial charge in [0.1, 0.15) is 12.7 Å². The Morgan fingerprint density at radius 3 is 2.45 bits per heavy atom. The summed E-state index contributed by atoms with van der Waals surface area (Å²) >= 11 is 6.01. The molecule has 22 heavy (non-hydrogen) atoms. The molecule has 0 radical (unpaired) electrons. The topological polar surface area (TPSA) is 30.7 Å². The van der Waals surface area contributed by atoms with E-state index >= 15 is 0 Å². The molecule has 3 rings (SSSR count). The van der Waals surface area contributed by atoms with Crippen LogP contribution in [0.15, 0.2) is 67.3 Å². The summed E-state index contributed by atoms with van der Waals surface area (Å²) in [6.45, 7) is 0.861. The van der Waals surface area contributed by atoms with Gasteiger partial charge in [-0.05, 0) is 42.0 Å². The van der Waals surface area contributed by atoms with Gasteiger partial charge in [0.2, 0.25) is 0 Å². The Kier molecular flexibility index (Phi) is 4.86. The van der Waals surface area contributed by atoms with E-state index in [9.17, 15) is 0 Å². The van der Waals surface area contributed by atoms with Crippen LogP contribution in [0.1, 0.15) is 23.5 Å². The van der Waals surface area contributed by atoms with E-state index in [0.29, 0.717) is 5.92 Å². The molecule has 0 unspecified atom stereocenters. The highest BCUT2D eigenvalue weighted by Gasteiger charge is 2.13. The van der Waals surface area contributed by atoms with Crippen LogP contribution < -0.4 is 0 Å². The van der Waals surface area contributed by atoms with E-state index in [1.165, 1.54) is 11.1 Å². The van der Waals surface area contributed by atoms with E-state index in [2.05, 4.69) is 52.5 Å². The van der Waals surface area contributed by atoms with Crippen LogP contribution in [-0.4, -0.2) is 14.8 Å². The molecule has 3 nitrogen and oxygen atoms in total. The van der Waals surface area contributed by atoms with Crippen molar-refractivity contribution in [1.82, 2.24) is 14.8 Å². The van der Waals surface area contributed by atoms with Gasteiger partial charge in [-0.25, -0.2) is 4.98 Å². The average Bonchev–Trinajstić information content (AvgIpc) is 3.07. The van der Waals surface area contributed by atoms with E-state index in [0.717, 1.165) is 24.4 Å². The Morgan fingerprint density at radius 1 is 1.00 bits per heavy atom. The van der Waals surface area contributed by atoms with E-state index in [1.807, 2.05) is 16.8 Å². The van der Waals surface area contributed by atoms with Crippen LogP contribution in [0.2, 0.25) is 5.02 Å². The Morgan fingerprint density at radius 2 is 1.77 bits per heavy atom. The molecule has 0 aliphatic carbocycles. The van der Waals surface area contributed by atoms with Crippen molar-refractivity contribution in [3.8, 4) is 0 Å². The van der Waals surface area contributed by atoms with Gasteiger partial charge in [0.15, 0.2) is 0 Å². The Balaban J connectivity index is 1.76. The van der Waals surface area contributed by atoms with Gasteiger partial charge in [-0.3, -0.25) is 4.68 Å². The lowest BCUT2D eigenvalue weighted by atomic mass is 9.89. The van der Waals surface area contributed by atoms with Crippen molar-refractivity contribution in [3.05, 3.63) is 83.4 Å². The number of hydrogen-bond donors (Lipinski definition) is 0. The summed E-state index contributed by atoms with van der Waals surface area (Å²) in [5.74, 6) is 0.434. The second-order valence-corrected chi connectivity index (χ2v) is 5.82. The molecule has 3 aromatic rings. The molecular weight excluding hydrogens is 294 g/mol. The summed E-state index contributed by atoms with van der Waals surface area (Å²) in [6.07, 6.45) is 5.37. The molecule has 112 valence electrons. The smallest absolute Gasteiger partial charge is 0.137 e. The molecule has 0 saturated carbocycles. The highest BCUT2D eigenvalue weighted by atomic mass is 35.5. The van der Waals surface area contributed by atoms with Gasteiger partial charge in [-0.15, -0.1) is 0 Å². The van der Waals surface area contributed by atoms with Crippen molar-refractivity contribution in [2.45, 2.75) is 25.3 Å². The molecule has 0 bridgehead atoms. The molecule has 0 spiro atoms. The van der Waals surface area contributed by atoms with Crippen LogP contribution in [-0.2, 0) is 13.0 Å². The Labute approximate surface area is 135 Å². The van der Waals surface area contributed by atoms with Crippen molar-refractivity contribution in [3.63, 3.8) is 0 Å². The van der Waals surface area contributed by atoms with Crippen LogP contribution in [0.4, 0.5) is 0 Å². The number of nitrogens with zero attached hydrogens (tertiary/aromatic N) is 3. The summed E-state index contributed by atoms with van der Waals surface area (Å²) < 4.78 is 1.88. The second-order valence-electron chi connectivity index (χ2n) is 5.39. The number of benzene rings is 2. The summed E-state index contributed by atoms with van der Waals surface area (Å²) in [4.78, 5) is 4.00. The second kappa shape index (κ2) is 7.23. The predicted molar refractivity (Wildman–Crippen MR) is 89.0 cm³/mol. The van der Waals surface area contributed by atoms with Gasteiger partial charge in [0.25, 0.3) is 0 Å². The van der Waals surface area contributed by atoms with Crippen LogP contribution >= 0.6 is 11.6 Å². The van der Waals surface area contributed by atoms with Gasteiger partial charge in [0, 0.05) is 11.6 Å².